The monoisotopic (exact) mass is 588 g/mol. The zero-order chi connectivity index (χ0) is 30.3. The molecule has 0 saturated carbocycles. The number of hydrogen-bond acceptors (Lipinski definition) is 7. The van der Waals surface area contributed by atoms with Gasteiger partial charge in [0.2, 0.25) is 0 Å². The first-order chi connectivity index (χ1) is 22.2. The van der Waals surface area contributed by atoms with E-state index >= 15 is 0 Å². The molecule has 0 amide bonds. The van der Waals surface area contributed by atoms with E-state index < -0.39 is 0 Å². The molecule has 4 aromatic carbocycles. The van der Waals surface area contributed by atoms with Gasteiger partial charge in [-0.3, -0.25) is 0 Å². The second-order valence-corrected chi connectivity index (χ2v) is 10.6. The van der Waals surface area contributed by atoms with Crippen molar-refractivity contribution in [3.63, 3.8) is 0 Å². The molecule has 0 spiro atoms. The van der Waals surface area contributed by atoms with Gasteiger partial charge < -0.3 is 14.7 Å². The number of aromatic amines is 2. The van der Waals surface area contributed by atoms with Gasteiger partial charge in [-0.05, 0) is 13.8 Å². The molecule has 5 heterocycles. The van der Waals surface area contributed by atoms with Crippen molar-refractivity contribution >= 4 is 44.1 Å². The number of nitrogens with zero attached hydrogens (tertiary/aromatic N) is 6. The molecule has 3 aromatic heterocycles. The zero-order valence-electron chi connectivity index (χ0n) is 24.7. The molecule has 8 bridgehead atoms. The fraction of sp³-hybridized carbons (Fsp3) is 0.111. The minimum atomic E-state index is 0.597. The van der Waals surface area contributed by atoms with E-state index in [9.17, 15) is 0 Å². The van der Waals surface area contributed by atoms with Crippen LogP contribution in [0.15, 0.2) is 97.1 Å². The highest BCUT2D eigenvalue weighted by molar-refractivity contribution is 6.06. The summed E-state index contributed by atoms with van der Waals surface area (Å²) in [6.07, 6.45) is 0. The molecule has 2 aliphatic heterocycles. The number of H-pyrrole nitrogens is 2. The maximum absolute atomic E-state index is 5.02. The fourth-order valence-corrected chi connectivity index (χ4v) is 5.79. The minimum absolute atomic E-state index is 0.597. The summed E-state index contributed by atoms with van der Waals surface area (Å²) >= 11 is 0. The highest BCUT2D eigenvalue weighted by atomic mass is 16.5. The molecule has 0 atom stereocenters. The van der Waals surface area contributed by atoms with Crippen molar-refractivity contribution in [2.45, 2.75) is 13.8 Å². The molecule has 45 heavy (non-hydrogen) atoms. The standard InChI is InChI=1S/C32H18N8.C4H10O/c1-2-10-18-17(9-1)25-33-26(18)38-28-21-13-5-6-14-22(21)30(35-28)40-32-24-16-8-7-15-23(24)31(36-32)39-29-20-12-4-3-11-19(20)27(34-29)37-25;1-3-5-4-2/h1-16H,(H2,33,34,35,36,37,38,39,40);3-4H2,1-2H3. The van der Waals surface area contributed by atoms with E-state index in [0.29, 0.717) is 45.9 Å². The largest absolute Gasteiger partial charge is 0.382 e. The number of benzene rings is 4. The Hall–Kier alpha value is -5.80. The van der Waals surface area contributed by atoms with E-state index in [4.69, 9.17) is 34.6 Å². The fourth-order valence-electron chi connectivity index (χ4n) is 5.79. The number of aromatic nitrogens is 8. The van der Waals surface area contributed by atoms with Crippen LogP contribution < -0.4 is 0 Å². The van der Waals surface area contributed by atoms with Gasteiger partial charge in [-0.1, -0.05) is 97.1 Å². The topological polar surface area (TPSA) is 118 Å². The number of hydrogen-bond donors (Lipinski definition) is 2. The van der Waals surface area contributed by atoms with E-state index in [0.717, 1.165) is 57.0 Å². The van der Waals surface area contributed by atoms with Crippen molar-refractivity contribution in [2.24, 2.45) is 0 Å². The van der Waals surface area contributed by atoms with Gasteiger partial charge in [0.15, 0.2) is 23.3 Å². The molecular formula is C36H28N8O. The summed E-state index contributed by atoms with van der Waals surface area (Å²) in [6, 6.07) is 32.2. The molecular weight excluding hydrogens is 560 g/mol. The first kappa shape index (κ1) is 26.8. The van der Waals surface area contributed by atoms with Crippen LogP contribution in [-0.4, -0.2) is 53.1 Å². The van der Waals surface area contributed by atoms with Gasteiger partial charge in [0, 0.05) is 57.0 Å². The van der Waals surface area contributed by atoms with Gasteiger partial charge in [-0.2, -0.15) is 0 Å². The van der Waals surface area contributed by atoms with Crippen LogP contribution in [0.2, 0.25) is 0 Å². The lowest BCUT2D eigenvalue weighted by Crippen LogP contribution is -1.84. The Morgan fingerprint density at radius 3 is 0.911 bits per heavy atom. The molecule has 9 nitrogen and oxygen atoms in total. The van der Waals surface area contributed by atoms with Gasteiger partial charge in [0.05, 0.1) is 0 Å². The highest BCUT2D eigenvalue weighted by Crippen LogP contribution is 2.36. The first-order valence-electron chi connectivity index (χ1n) is 15.0. The normalized spacial score (nSPS) is 11.6. The Kier molecular flexibility index (Phi) is 6.57. The number of nitrogens with one attached hydrogen (secondary N) is 2. The lowest BCUT2D eigenvalue weighted by Gasteiger charge is -1.96. The Morgan fingerprint density at radius 1 is 0.400 bits per heavy atom. The van der Waals surface area contributed by atoms with Crippen molar-refractivity contribution < 1.29 is 4.74 Å². The molecule has 0 saturated heterocycles. The second-order valence-electron chi connectivity index (χ2n) is 10.6. The third-order valence-electron chi connectivity index (χ3n) is 7.87. The highest BCUT2D eigenvalue weighted by Gasteiger charge is 2.21. The Labute approximate surface area is 258 Å². The molecule has 9 heteroatoms. The first-order valence-corrected chi connectivity index (χ1v) is 15.0. The Bertz CT molecular complexity index is 2090. The van der Waals surface area contributed by atoms with E-state index in [1.165, 1.54) is 0 Å². The van der Waals surface area contributed by atoms with E-state index in [-0.39, 0.29) is 0 Å². The molecule has 7 aromatic rings. The van der Waals surface area contributed by atoms with Crippen LogP contribution in [0.4, 0.5) is 0 Å². The van der Waals surface area contributed by atoms with Gasteiger partial charge in [-0.25, -0.2) is 29.9 Å². The van der Waals surface area contributed by atoms with E-state index in [1.54, 1.807) is 0 Å². The Morgan fingerprint density at radius 2 is 0.667 bits per heavy atom. The maximum Gasteiger partial charge on any atom is 0.164 e. The maximum atomic E-state index is 5.02. The summed E-state index contributed by atoms with van der Waals surface area (Å²) in [5, 5.41) is 3.82. The van der Waals surface area contributed by atoms with Crippen LogP contribution in [0.1, 0.15) is 13.8 Å². The summed E-state index contributed by atoms with van der Waals surface area (Å²) in [6.45, 7) is 5.67. The van der Waals surface area contributed by atoms with Crippen molar-refractivity contribution in [3.8, 4) is 45.6 Å². The predicted octanol–water partition coefficient (Wildman–Crippen LogP) is 7.91. The number of rotatable bonds is 2. The van der Waals surface area contributed by atoms with Gasteiger partial charge in [0.25, 0.3) is 0 Å². The summed E-state index contributed by atoms with van der Waals surface area (Å²) in [7, 11) is 0. The van der Waals surface area contributed by atoms with Gasteiger partial charge >= 0.3 is 0 Å². The Balaban J connectivity index is 0.000000560. The zero-order valence-corrected chi connectivity index (χ0v) is 24.7. The molecule has 9 rings (SSSR count). The molecule has 0 aliphatic carbocycles. The van der Waals surface area contributed by atoms with Crippen LogP contribution in [0.5, 0.6) is 0 Å². The summed E-state index contributed by atoms with van der Waals surface area (Å²) in [5.41, 5.74) is 6.45. The van der Waals surface area contributed by atoms with Crippen LogP contribution in [0, 0.1) is 0 Å². The lowest BCUT2D eigenvalue weighted by atomic mass is 10.1. The van der Waals surface area contributed by atoms with Crippen LogP contribution in [-0.2, 0) is 4.74 Å². The molecule has 0 radical (unpaired) electrons. The van der Waals surface area contributed by atoms with Crippen molar-refractivity contribution in [2.75, 3.05) is 13.2 Å². The molecule has 218 valence electrons. The summed E-state index contributed by atoms with van der Waals surface area (Å²) in [5.74, 6) is 2.39. The SMILES string of the molecule is CCOCC.c1ccc2c(c1)-c1nc-2nc2[nH]c(nc3nc(nc4[nH]c(n1)c1ccccc41)-c1ccccc1-3)c1ccccc21. The minimum Gasteiger partial charge on any atom is -0.382 e. The molecule has 2 aliphatic rings. The smallest absolute Gasteiger partial charge is 0.164 e. The summed E-state index contributed by atoms with van der Waals surface area (Å²) < 4.78 is 4.83. The molecule has 0 unspecified atom stereocenters. The van der Waals surface area contributed by atoms with Crippen molar-refractivity contribution in [1.82, 2.24) is 39.9 Å². The molecule has 0 fully saturated rings. The van der Waals surface area contributed by atoms with E-state index in [1.807, 2.05) is 111 Å². The second kappa shape index (κ2) is 11.0. The lowest BCUT2D eigenvalue weighted by molar-refractivity contribution is 0.162. The number of fused-ring (bicyclic) bond motifs is 20. The van der Waals surface area contributed by atoms with Crippen molar-refractivity contribution in [1.29, 1.82) is 0 Å². The van der Waals surface area contributed by atoms with E-state index in [2.05, 4.69) is 9.97 Å². The van der Waals surface area contributed by atoms with Gasteiger partial charge in [0.1, 0.15) is 22.6 Å². The molecule has 2 N–H and O–H groups in total. The average Bonchev–Trinajstić information content (AvgIpc) is 3.81. The van der Waals surface area contributed by atoms with Crippen LogP contribution in [0.25, 0.3) is 89.7 Å². The third kappa shape index (κ3) is 4.61. The third-order valence-corrected chi connectivity index (χ3v) is 7.87. The average molecular weight is 589 g/mol. The quantitative estimate of drug-likeness (QED) is 0.211. The van der Waals surface area contributed by atoms with Crippen molar-refractivity contribution in [3.05, 3.63) is 97.1 Å². The summed E-state index contributed by atoms with van der Waals surface area (Å²) in [4.78, 5) is 36.8. The number of ether oxygens (including phenoxy) is 1. The van der Waals surface area contributed by atoms with Crippen LogP contribution in [0.3, 0.4) is 0 Å². The van der Waals surface area contributed by atoms with Crippen LogP contribution >= 0.6 is 0 Å². The predicted molar refractivity (Wildman–Crippen MR) is 178 cm³/mol. The van der Waals surface area contributed by atoms with Gasteiger partial charge in [-0.15, -0.1) is 0 Å².